The second-order valence-electron chi connectivity index (χ2n) is 4.01. The molecule has 5 nitrogen and oxygen atoms in total. The van der Waals surface area contributed by atoms with Crippen LogP contribution in [0.5, 0.6) is 0 Å². The topological polar surface area (TPSA) is 71.1 Å². The van der Waals surface area contributed by atoms with Gasteiger partial charge in [0.25, 0.3) is 0 Å². The van der Waals surface area contributed by atoms with Crippen molar-refractivity contribution >= 4 is 0 Å². The predicted molar refractivity (Wildman–Crippen MR) is 70.2 cm³/mol. The molecule has 2 rings (SSSR count). The highest BCUT2D eigenvalue weighted by Crippen LogP contribution is 2.19. The van der Waals surface area contributed by atoms with Crippen molar-refractivity contribution in [1.29, 1.82) is 5.26 Å². The van der Waals surface area contributed by atoms with Crippen LogP contribution in [-0.4, -0.2) is 25.2 Å². The number of methoxy groups -OCH3 is 1. The Morgan fingerprint density at radius 1 is 1.47 bits per heavy atom. The minimum atomic E-state index is 0.528. The number of nitrogens with zero attached hydrogens (tertiary/aromatic N) is 2. The van der Waals surface area contributed by atoms with Crippen LogP contribution in [0, 0.1) is 11.3 Å². The number of ether oxygens (including phenoxy) is 1. The van der Waals surface area contributed by atoms with Crippen LogP contribution < -0.4 is 5.32 Å². The summed E-state index contributed by atoms with van der Waals surface area (Å²) in [4.78, 5) is 4.37. The summed E-state index contributed by atoms with van der Waals surface area (Å²) in [6.07, 6.45) is 1.62. The van der Waals surface area contributed by atoms with Gasteiger partial charge in [-0.1, -0.05) is 6.07 Å². The molecule has 0 atom stereocenters. The lowest BCUT2D eigenvalue weighted by Gasteiger charge is -1.99. The van der Waals surface area contributed by atoms with Crippen molar-refractivity contribution in [3.8, 4) is 17.5 Å². The normalized spacial score (nSPS) is 10.3. The molecule has 19 heavy (non-hydrogen) atoms. The number of hydrogen-bond donors (Lipinski definition) is 1. The number of oxazole rings is 1. The number of aromatic nitrogens is 1. The molecule has 0 bridgehead atoms. The fraction of sp³-hybridized carbons (Fsp3) is 0.286. The molecule has 0 radical (unpaired) electrons. The van der Waals surface area contributed by atoms with Gasteiger partial charge in [0, 0.05) is 25.8 Å². The van der Waals surface area contributed by atoms with Gasteiger partial charge in [-0.15, -0.1) is 0 Å². The predicted octanol–water partition coefficient (Wildman–Crippen LogP) is 1.95. The van der Waals surface area contributed by atoms with Crippen molar-refractivity contribution in [3.63, 3.8) is 0 Å². The summed E-state index contributed by atoms with van der Waals surface area (Å²) in [5, 5.41) is 12.0. The molecule has 0 aliphatic carbocycles. The standard InChI is InChI=1S/C14H15N3O2/c1-18-6-5-16-9-13-10-19-14(17-13)12-4-2-3-11(7-12)8-15/h2-4,7,10,16H,5-6,9H2,1H3. The number of benzene rings is 1. The zero-order valence-corrected chi connectivity index (χ0v) is 10.7. The fourth-order valence-electron chi connectivity index (χ4n) is 1.63. The fourth-order valence-corrected chi connectivity index (χ4v) is 1.63. The first-order valence-corrected chi connectivity index (χ1v) is 5.98. The molecule has 0 saturated carbocycles. The maximum Gasteiger partial charge on any atom is 0.226 e. The van der Waals surface area contributed by atoms with E-state index in [-0.39, 0.29) is 0 Å². The van der Waals surface area contributed by atoms with Crippen LogP contribution in [0.15, 0.2) is 34.9 Å². The van der Waals surface area contributed by atoms with Crippen LogP contribution >= 0.6 is 0 Å². The summed E-state index contributed by atoms with van der Waals surface area (Å²) in [5.41, 5.74) is 2.23. The van der Waals surface area contributed by atoms with Gasteiger partial charge in [-0.25, -0.2) is 4.98 Å². The third kappa shape index (κ3) is 3.65. The van der Waals surface area contributed by atoms with Gasteiger partial charge in [0.2, 0.25) is 5.89 Å². The average molecular weight is 257 g/mol. The van der Waals surface area contributed by atoms with E-state index in [1.807, 2.05) is 12.1 Å². The van der Waals surface area contributed by atoms with E-state index in [9.17, 15) is 0 Å². The molecular formula is C14H15N3O2. The SMILES string of the molecule is COCCNCc1coc(-c2cccc(C#N)c2)n1. The van der Waals surface area contributed by atoms with Crippen molar-refractivity contribution in [1.82, 2.24) is 10.3 Å². The van der Waals surface area contributed by atoms with E-state index in [4.69, 9.17) is 14.4 Å². The van der Waals surface area contributed by atoms with Crippen LogP contribution in [0.4, 0.5) is 0 Å². The Morgan fingerprint density at radius 3 is 3.16 bits per heavy atom. The number of nitriles is 1. The van der Waals surface area contributed by atoms with Crippen LogP contribution in [0.1, 0.15) is 11.3 Å². The molecule has 98 valence electrons. The molecule has 0 spiro atoms. The van der Waals surface area contributed by atoms with E-state index in [1.165, 1.54) is 0 Å². The van der Waals surface area contributed by atoms with E-state index in [2.05, 4.69) is 16.4 Å². The first-order chi connectivity index (χ1) is 9.33. The Kier molecular flexibility index (Phi) is 4.67. The Balaban J connectivity index is 2.02. The van der Waals surface area contributed by atoms with Gasteiger partial charge in [0.15, 0.2) is 0 Å². The monoisotopic (exact) mass is 257 g/mol. The minimum Gasteiger partial charge on any atom is -0.444 e. The van der Waals surface area contributed by atoms with E-state index < -0.39 is 0 Å². The summed E-state index contributed by atoms with van der Waals surface area (Å²) >= 11 is 0. The van der Waals surface area contributed by atoms with Crippen LogP contribution in [0.25, 0.3) is 11.5 Å². The van der Waals surface area contributed by atoms with Crippen molar-refractivity contribution in [2.75, 3.05) is 20.3 Å². The van der Waals surface area contributed by atoms with E-state index in [0.717, 1.165) is 17.8 Å². The molecule has 0 fully saturated rings. The van der Waals surface area contributed by atoms with Crippen molar-refractivity contribution in [2.24, 2.45) is 0 Å². The van der Waals surface area contributed by atoms with Gasteiger partial charge < -0.3 is 14.5 Å². The second-order valence-corrected chi connectivity index (χ2v) is 4.01. The average Bonchev–Trinajstić information content (AvgIpc) is 2.92. The number of rotatable bonds is 6. The number of nitrogens with one attached hydrogen (secondary N) is 1. The smallest absolute Gasteiger partial charge is 0.226 e. The van der Waals surface area contributed by atoms with E-state index in [0.29, 0.717) is 24.6 Å². The summed E-state index contributed by atoms with van der Waals surface area (Å²) in [6.45, 7) is 2.06. The Hall–Kier alpha value is -2.16. The highest BCUT2D eigenvalue weighted by molar-refractivity contribution is 5.56. The highest BCUT2D eigenvalue weighted by atomic mass is 16.5. The van der Waals surface area contributed by atoms with Gasteiger partial charge in [0.05, 0.1) is 23.9 Å². The maximum absolute atomic E-state index is 8.86. The lowest BCUT2D eigenvalue weighted by Crippen LogP contribution is -2.18. The highest BCUT2D eigenvalue weighted by Gasteiger charge is 2.07. The molecule has 0 amide bonds. The van der Waals surface area contributed by atoms with Gasteiger partial charge >= 0.3 is 0 Å². The third-order valence-electron chi connectivity index (χ3n) is 2.58. The lowest BCUT2D eigenvalue weighted by molar-refractivity contribution is 0.199. The van der Waals surface area contributed by atoms with Gasteiger partial charge in [-0.3, -0.25) is 0 Å². The number of hydrogen-bond acceptors (Lipinski definition) is 5. The third-order valence-corrected chi connectivity index (χ3v) is 2.58. The van der Waals surface area contributed by atoms with E-state index in [1.54, 1.807) is 25.5 Å². The lowest BCUT2D eigenvalue weighted by atomic mass is 10.1. The van der Waals surface area contributed by atoms with Crippen LogP contribution in [-0.2, 0) is 11.3 Å². The summed E-state index contributed by atoms with van der Waals surface area (Å²) in [6, 6.07) is 9.29. The zero-order valence-electron chi connectivity index (χ0n) is 10.7. The summed E-state index contributed by atoms with van der Waals surface area (Å²) in [5.74, 6) is 0.528. The molecule has 2 aromatic rings. The molecule has 0 unspecified atom stereocenters. The van der Waals surface area contributed by atoms with Crippen LogP contribution in [0.3, 0.4) is 0 Å². The first kappa shape index (κ1) is 13.3. The molecule has 5 heteroatoms. The summed E-state index contributed by atoms with van der Waals surface area (Å²) in [7, 11) is 1.66. The van der Waals surface area contributed by atoms with Crippen molar-refractivity contribution in [2.45, 2.75) is 6.54 Å². The van der Waals surface area contributed by atoms with Crippen LogP contribution in [0.2, 0.25) is 0 Å². The molecule has 0 aliphatic heterocycles. The molecule has 1 aromatic carbocycles. The Bertz CT molecular complexity index is 572. The minimum absolute atomic E-state index is 0.528. The molecule has 1 N–H and O–H groups in total. The van der Waals surface area contributed by atoms with Crippen molar-refractivity contribution in [3.05, 3.63) is 41.8 Å². The molecule has 1 aromatic heterocycles. The van der Waals surface area contributed by atoms with E-state index >= 15 is 0 Å². The zero-order chi connectivity index (χ0) is 13.5. The molecule has 0 aliphatic rings. The first-order valence-electron chi connectivity index (χ1n) is 5.98. The van der Waals surface area contributed by atoms with Gasteiger partial charge in [-0.05, 0) is 18.2 Å². The largest absolute Gasteiger partial charge is 0.444 e. The van der Waals surface area contributed by atoms with Gasteiger partial charge in [0.1, 0.15) is 6.26 Å². The van der Waals surface area contributed by atoms with Crippen molar-refractivity contribution < 1.29 is 9.15 Å². The summed E-state index contributed by atoms with van der Waals surface area (Å²) < 4.78 is 10.4. The second kappa shape index (κ2) is 6.69. The maximum atomic E-state index is 8.86. The molecule has 1 heterocycles. The Labute approximate surface area is 111 Å². The van der Waals surface area contributed by atoms with Gasteiger partial charge in [-0.2, -0.15) is 5.26 Å². The molecule has 0 saturated heterocycles. The molecular weight excluding hydrogens is 242 g/mol. The Morgan fingerprint density at radius 2 is 2.37 bits per heavy atom. The quantitative estimate of drug-likeness (QED) is 0.801.